The van der Waals surface area contributed by atoms with Crippen molar-refractivity contribution < 1.29 is 33.0 Å². The fourth-order valence-corrected chi connectivity index (χ4v) is 3.51. The first-order valence-corrected chi connectivity index (χ1v) is 9.41. The van der Waals surface area contributed by atoms with Gasteiger partial charge in [-0.3, -0.25) is 20.4 Å². The smallest absolute Gasteiger partial charge is 0.348 e. The van der Waals surface area contributed by atoms with E-state index in [9.17, 15) is 18.8 Å². The van der Waals surface area contributed by atoms with Crippen LogP contribution in [0.25, 0.3) is 10.1 Å². The third-order valence-corrected chi connectivity index (χ3v) is 5.09. The molecule has 0 saturated carbocycles. The zero-order valence-corrected chi connectivity index (χ0v) is 16.8. The quantitative estimate of drug-likeness (QED) is 0.459. The van der Waals surface area contributed by atoms with Crippen LogP contribution in [0.3, 0.4) is 0 Å². The molecular weight excluding hydrogens is 415 g/mol. The lowest BCUT2D eigenvalue weighted by atomic mass is 10.2. The number of nitrogens with one attached hydrogen (secondary N) is 2. The first-order valence-electron chi connectivity index (χ1n) is 8.59. The number of halogens is 1. The molecule has 1 heterocycles. The third kappa shape index (κ3) is 4.66. The number of methoxy groups -OCH3 is 2. The van der Waals surface area contributed by atoms with Gasteiger partial charge in [0.1, 0.15) is 10.7 Å². The number of hydrogen-bond acceptors (Lipinski definition) is 7. The maximum atomic E-state index is 13.7. The van der Waals surface area contributed by atoms with Crippen molar-refractivity contribution in [1.29, 1.82) is 0 Å². The summed E-state index contributed by atoms with van der Waals surface area (Å²) >= 11 is 1.06. The molecule has 0 aliphatic rings. The maximum Gasteiger partial charge on any atom is 0.348 e. The molecule has 2 N–H and O–H groups in total. The van der Waals surface area contributed by atoms with E-state index in [2.05, 4.69) is 10.9 Å². The molecule has 0 unspecified atom stereocenters. The van der Waals surface area contributed by atoms with Crippen LogP contribution in [-0.2, 0) is 9.53 Å². The van der Waals surface area contributed by atoms with Crippen molar-refractivity contribution in [2.45, 2.75) is 0 Å². The number of esters is 1. The molecular formula is C20H17FN2O6S. The lowest BCUT2D eigenvalue weighted by Gasteiger charge is -2.10. The van der Waals surface area contributed by atoms with Gasteiger partial charge in [-0.2, -0.15) is 0 Å². The van der Waals surface area contributed by atoms with Crippen LogP contribution in [0.1, 0.15) is 20.0 Å². The van der Waals surface area contributed by atoms with Crippen LogP contribution in [-0.4, -0.2) is 38.6 Å². The normalized spacial score (nSPS) is 10.4. The van der Waals surface area contributed by atoms with Crippen molar-refractivity contribution in [1.82, 2.24) is 10.9 Å². The monoisotopic (exact) mass is 432 g/mol. The van der Waals surface area contributed by atoms with E-state index in [-0.39, 0.29) is 10.4 Å². The Hall–Kier alpha value is -3.66. The molecule has 1 aromatic heterocycles. The van der Waals surface area contributed by atoms with E-state index in [0.29, 0.717) is 21.6 Å². The zero-order chi connectivity index (χ0) is 21.7. The molecule has 0 atom stereocenters. The van der Waals surface area contributed by atoms with Gasteiger partial charge in [0.05, 0.1) is 14.2 Å². The number of rotatable bonds is 6. The highest BCUT2D eigenvalue weighted by atomic mass is 32.1. The fraction of sp³-hybridized carbons (Fsp3) is 0.150. The number of benzene rings is 2. The number of fused-ring (bicyclic) bond motifs is 1. The van der Waals surface area contributed by atoms with E-state index in [1.807, 2.05) is 0 Å². The van der Waals surface area contributed by atoms with E-state index in [0.717, 1.165) is 11.3 Å². The summed E-state index contributed by atoms with van der Waals surface area (Å²) in [5.74, 6) is -1.76. The van der Waals surface area contributed by atoms with E-state index >= 15 is 0 Å². The summed E-state index contributed by atoms with van der Waals surface area (Å²) in [6, 6.07) is 10.4. The molecule has 0 fully saturated rings. The van der Waals surface area contributed by atoms with Gasteiger partial charge < -0.3 is 14.2 Å². The Balaban J connectivity index is 1.52. The number of hydrazine groups is 1. The number of amides is 2. The Bertz CT molecular complexity index is 1110. The van der Waals surface area contributed by atoms with Crippen LogP contribution in [0.4, 0.5) is 4.39 Å². The summed E-state index contributed by atoms with van der Waals surface area (Å²) in [5.41, 5.74) is 4.57. The highest BCUT2D eigenvalue weighted by molar-refractivity contribution is 7.20. The topological polar surface area (TPSA) is 103 Å². The zero-order valence-electron chi connectivity index (χ0n) is 16.0. The second-order valence-electron chi connectivity index (χ2n) is 5.91. The third-order valence-electron chi connectivity index (χ3n) is 4.00. The minimum absolute atomic E-state index is 0.164. The summed E-state index contributed by atoms with van der Waals surface area (Å²) in [7, 11) is 2.90. The Morgan fingerprint density at radius 3 is 2.47 bits per heavy atom. The summed E-state index contributed by atoms with van der Waals surface area (Å²) in [4.78, 5) is 36.3. The average molecular weight is 432 g/mol. The standard InChI is InChI=1S/C20H17FN2O6S/c1-27-14-7-6-11(8-15(14)28-2)19(25)23-22-18(24)10-29-20(26)17-9-12-13(21)4-3-5-16(12)30-17/h3-9H,10H2,1-2H3,(H,22,24)(H,23,25). The number of thiophene rings is 1. The van der Waals surface area contributed by atoms with Crippen LogP contribution >= 0.6 is 11.3 Å². The first kappa shape index (κ1) is 21.1. The van der Waals surface area contributed by atoms with Crippen LogP contribution in [0, 0.1) is 5.82 Å². The molecule has 0 saturated heterocycles. The molecule has 3 aromatic rings. The molecule has 30 heavy (non-hydrogen) atoms. The SMILES string of the molecule is COc1ccc(C(=O)NNC(=O)COC(=O)c2cc3c(F)cccc3s2)cc1OC. The molecule has 0 spiro atoms. The molecule has 3 rings (SSSR count). The average Bonchev–Trinajstić information content (AvgIpc) is 3.21. The summed E-state index contributed by atoms with van der Waals surface area (Å²) in [6.45, 7) is -0.623. The molecule has 10 heteroatoms. The molecule has 2 amide bonds. The van der Waals surface area contributed by atoms with Crippen LogP contribution in [0.5, 0.6) is 11.5 Å². The van der Waals surface area contributed by atoms with E-state index in [4.69, 9.17) is 14.2 Å². The molecule has 156 valence electrons. The Morgan fingerprint density at radius 1 is 1.00 bits per heavy atom. The van der Waals surface area contributed by atoms with Gasteiger partial charge in [0, 0.05) is 15.6 Å². The molecule has 0 aliphatic carbocycles. The minimum atomic E-state index is -0.767. The van der Waals surface area contributed by atoms with Gasteiger partial charge in [0.25, 0.3) is 11.8 Å². The van der Waals surface area contributed by atoms with Crippen LogP contribution in [0.2, 0.25) is 0 Å². The molecule has 8 nitrogen and oxygen atoms in total. The predicted octanol–water partition coefficient (Wildman–Crippen LogP) is 2.68. The van der Waals surface area contributed by atoms with Crippen molar-refractivity contribution in [3.05, 3.63) is 58.7 Å². The van der Waals surface area contributed by atoms with Gasteiger partial charge in [-0.1, -0.05) is 6.07 Å². The van der Waals surface area contributed by atoms with Gasteiger partial charge in [-0.25, -0.2) is 9.18 Å². The molecule has 0 radical (unpaired) electrons. The minimum Gasteiger partial charge on any atom is -0.493 e. The van der Waals surface area contributed by atoms with E-state index < -0.39 is 30.2 Å². The Labute approximate surface area is 174 Å². The number of carbonyl (C=O) groups excluding carboxylic acids is 3. The number of carbonyl (C=O) groups is 3. The molecule has 2 aromatic carbocycles. The first-order chi connectivity index (χ1) is 14.4. The second-order valence-corrected chi connectivity index (χ2v) is 6.99. The fourth-order valence-electron chi connectivity index (χ4n) is 2.54. The van der Waals surface area contributed by atoms with Crippen molar-refractivity contribution in [2.75, 3.05) is 20.8 Å². The maximum absolute atomic E-state index is 13.7. The summed E-state index contributed by atoms with van der Waals surface area (Å²) in [6.07, 6.45) is 0. The van der Waals surface area contributed by atoms with E-state index in [1.165, 1.54) is 44.6 Å². The molecule has 0 bridgehead atoms. The van der Waals surface area contributed by atoms with Gasteiger partial charge in [0.15, 0.2) is 18.1 Å². The highest BCUT2D eigenvalue weighted by Gasteiger charge is 2.16. The lowest BCUT2D eigenvalue weighted by Crippen LogP contribution is -2.43. The highest BCUT2D eigenvalue weighted by Crippen LogP contribution is 2.28. The summed E-state index contributed by atoms with van der Waals surface area (Å²) in [5, 5.41) is 0.307. The van der Waals surface area contributed by atoms with Crippen LogP contribution in [0.15, 0.2) is 42.5 Å². The van der Waals surface area contributed by atoms with Gasteiger partial charge >= 0.3 is 5.97 Å². The van der Waals surface area contributed by atoms with Gasteiger partial charge in [-0.05, 0) is 36.4 Å². The summed E-state index contributed by atoms with van der Waals surface area (Å²) < 4.78 is 29.4. The Kier molecular flexibility index (Phi) is 6.48. The van der Waals surface area contributed by atoms with Crippen molar-refractivity contribution in [2.24, 2.45) is 0 Å². The largest absolute Gasteiger partial charge is 0.493 e. The predicted molar refractivity (Wildman–Crippen MR) is 107 cm³/mol. The number of ether oxygens (including phenoxy) is 3. The van der Waals surface area contributed by atoms with E-state index in [1.54, 1.807) is 12.1 Å². The second kappa shape index (κ2) is 9.23. The molecule has 0 aliphatic heterocycles. The lowest BCUT2D eigenvalue weighted by molar-refractivity contribution is -0.125. The Morgan fingerprint density at radius 2 is 1.77 bits per heavy atom. The van der Waals surface area contributed by atoms with Crippen LogP contribution < -0.4 is 20.3 Å². The number of hydrogen-bond donors (Lipinski definition) is 2. The van der Waals surface area contributed by atoms with Crippen molar-refractivity contribution in [3.8, 4) is 11.5 Å². The van der Waals surface area contributed by atoms with Gasteiger partial charge in [-0.15, -0.1) is 11.3 Å². The van der Waals surface area contributed by atoms with Crippen molar-refractivity contribution >= 4 is 39.2 Å². The van der Waals surface area contributed by atoms with Gasteiger partial charge in [0.2, 0.25) is 0 Å². The van der Waals surface area contributed by atoms with Crippen molar-refractivity contribution in [3.63, 3.8) is 0 Å².